The molecule has 2 aromatic rings. The van der Waals surface area contributed by atoms with E-state index < -0.39 is 4.92 Å². The Hall–Kier alpha value is -2.90. The second-order valence-electron chi connectivity index (χ2n) is 4.95. The number of rotatable bonds is 3. The predicted molar refractivity (Wildman–Crippen MR) is 77.3 cm³/mol. The molecular formula is C14H14N4O4. The Kier molecular flexibility index (Phi) is 3.73. The van der Waals surface area contributed by atoms with E-state index in [1.165, 1.54) is 12.3 Å². The number of amides is 2. The number of likely N-dealkylation sites (tertiary alicyclic amines) is 1. The Bertz CT molecular complexity index is 686. The Morgan fingerprint density at radius 2 is 2.36 bits per heavy atom. The summed E-state index contributed by atoms with van der Waals surface area (Å²) in [5.41, 5.74) is -0.0975. The Morgan fingerprint density at radius 1 is 1.50 bits per heavy atom. The predicted octanol–water partition coefficient (Wildman–Crippen LogP) is 2.95. The second-order valence-corrected chi connectivity index (χ2v) is 4.95. The normalized spacial score (nSPS) is 17.5. The molecule has 1 fully saturated rings. The van der Waals surface area contributed by atoms with Crippen LogP contribution in [0.5, 0.6) is 0 Å². The van der Waals surface area contributed by atoms with Gasteiger partial charge in [0.05, 0.1) is 17.2 Å². The molecule has 3 heterocycles. The fourth-order valence-electron chi connectivity index (χ4n) is 2.61. The number of nitro groups is 1. The van der Waals surface area contributed by atoms with Gasteiger partial charge in [-0.05, 0) is 31.0 Å². The third kappa shape index (κ3) is 2.62. The van der Waals surface area contributed by atoms with Gasteiger partial charge in [-0.15, -0.1) is 0 Å². The molecule has 0 radical (unpaired) electrons. The highest BCUT2D eigenvalue weighted by molar-refractivity contribution is 5.92. The SMILES string of the molecule is O=C(Nc1ccncc1[N+](=O)[O-])N1CCCC1c1ccco1. The van der Waals surface area contributed by atoms with Gasteiger partial charge in [-0.25, -0.2) is 4.79 Å². The number of pyridine rings is 1. The lowest BCUT2D eigenvalue weighted by Gasteiger charge is -2.23. The van der Waals surface area contributed by atoms with Crippen LogP contribution in [0.3, 0.4) is 0 Å². The van der Waals surface area contributed by atoms with E-state index in [0.717, 1.165) is 24.8 Å². The third-order valence-electron chi connectivity index (χ3n) is 3.62. The maximum absolute atomic E-state index is 12.4. The lowest BCUT2D eigenvalue weighted by Crippen LogP contribution is -2.34. The summed E-state index contributed by atoms with van der Waals surface area (Å²) in [5, 5.41) is 13.6. The van der Waals surface area contributed by atoms with Crippen LogP contribution in [0.4, 0.5) is 16.2 Å². The van der Waals surface area contributed by atoms with Crippen molar-refractivity contribution in [1.29, 1.82) is 0 Å². The van der Waals surface area contributed by atoms with Crippen molar-refractivity contribution in [2.24, 2.45) is 0 Å². The van der Waals surface area contributed by atoms with Crippen LogP contribution in [-0.2, 0) is 0 Å². The highest BCUT2D eigenvalue weighted by Gasteiger charge is 2.32. The average molecular weight is 302 g/mol. The van der Waals surface area contributed by atoms with Crippen LogP contribution < -0.4 is 5.32 Å². The van der Waals surface area contributed by atoms with Crippen LogP contribution in [0.15, 0.2) is 41.3 Å². The van der Waals surface area contributed by atoms with Crippen molar-refractivity contribution in [2.45, 2.75) is 18.9 Å². The van der Waals surface area contributed by atoms with E-state index in [-0.39, 0.29) is 23.4 Å². The van der Waals surface area contributed by atoms with Gasteiger partial charge >= 0.3 is 11.7 Å². The number of furan rings is 1. The quantitative estimate of drug-likeness (QED) is 0.693. The third-order valence-corrected chi connectivity index (χ3v) is 3.62. The summed E-state index contributed by atoms with van der Waals surface area (Å²) in [6.45, 7) is 0.579. The molecule has 2 amide bonds. The van der Waals surface area contributed by atoms with E-state index in [0.29, 0.717) is 6.54 Å². The molecular weight excluding hydrogens is 288 g/mol. The number of nitrogens with one attached hydrogen (secondary N) is 1. The first-order chi connectivity index (χ1) is 10.7. The van der Waals surface area contributed by atoms with Crippen molar-refractivity contribution in [2.75, 3.05) is 11.9 Å². The molecule has 1 atom stereocenters. The molecule has 1 aliphatic heterocycles. The number of urea groups is 1. The van der Waals surface area contributed by atoms with Crippen LogP contribution in [0, 0.1) is 10.1 Å². The number of aromatic nitrogens is 1. The topological polar surface area (TPSA) is 102 Å². The van der Waals surface area contributed by atoms with Crippen molar-refractivity contribution < 1.29 is 14.1 Å². The number of carbonyl (C=O) groups excluding carboxylic acids is 1. The van der Waals surface area contributed by atoms with E-state index in [9.17, 15) is 14.9 Å². The number of hydrogen-bond acceptors (Lipinski definition) is 5. The highest BCUT2D eigenvalue weighted by atomic mass is 16.6. The highest BCUT2D eigenvalue weighted by Crippen LogP contribution is 2.33. The molecule has 8 heteroatoms. The van der Waals surface area contributed by atoms with Crippen molar-refractivity contribution in [3.05, 3.63) is 52.7 Å². The Labute approximate surface area is 125 Å². The zero-order chi connectivity index (χ0) is 15.5. The fourth-order valence-corrected chi connectivity index (χ4v) is 2.61. The lowest BCUT2D eigenvalue weighted by molar-refractivity contribution is -0.384. The monoisotopic (exact) mass is 302 g/mol. The number of carbonyl (C=O) groups is 1. The number of hydrogen-bond donors (Lipinski definition) is 1. The summed E-state index contributed by atoms with van der Waals surface area (Å²) >= 11 is 0. The first kappa shape index (κ1) is 14.1. The lowest BCUT2D eigenvalue weighted by atomic mass is 10.2. The van der Waals surface area contributed by atoms with Gasteiger partial charge in [-0.2, -0.15) is 0 Å². The molecule has 2 aromatic heterocycles. The van der Waals surface area contributed by atoms with Gasteiger partial charge in [0, 0.05) is 12.7 Å². The van der Waals surface area contributed by atoms with Crippen LogP contribution in [0.2, 0.25) is 0 Å². The standard InChI is InChI=1S/C14H14N4O4/c19-14(16-10-5-6-15-9-12(10)18(20)21)17-7-1-3-11(17)13-4-2-8-22-13/h2,4-6,8-9,11H,1,3,7H2,(H,15,16,19). The Balaban J connectivity index is 1.79. The molecule has 8 nitrogen and oxygen atoms in total. The van der Waals surface area contributed by atoms with E-state index >= 15 is 0 Å². The van der Waals surface area contributed by atoms with Crippen molar-refractivity contribution >= 4 is 17.4 Å². The van der Waals surface area contributed by atoms with Crippen LogP contribution in [-0.4, -0.2) is 27.4 Å². The van der Waals surface area contributed by atoms with Gasteiger partial charge in [-0.3, -0.25) is 15.1 Å². The summed E-state index contributed by atoms with van der Waals surface area (Å²) < 4.78 is 5.37. The first-order valence-electron chi connectivity index (χ1n) is 6.86. The molecule has 1 saturated heterocycles. The van der Waals surface area contributed by atoms with Gasteiger partial charge < -0.3 is 14.6 Å². The molecule has 1 unspecified atom stereocenters. The summed E-state index contributed by atoms with van der Waals surface area (Å²) in [4.78, 5) is 28.1. The molecule has 3 rings (SSSR count). The smallest absolute Gasteiger partial charge is 0.322 e. The van der Waals surface area contributed by atoms with Crippen molar-refractivity contribution in [1.82, 2.24) is 9.88 Å². The van der Waals surface area contributed by atoms with E-state index in [4.69, 9.17) is 4.42 Å². The number of nitrogens with zero attached hydrogens (tertiary/aromatic N) is 3. The molecule has 0 aliphatic carbocycles. The maximum atomic E-state index is 12.4. The second kappa shape index (κ2) is 5.84. The van der Waals surface area contributed by atoms with E-state index in [1.54, 1.807) is 17.2 Å². The maximum Gasteiger partial charge on any atom is 0.322 e. The van der Waals surface area contributed by atoms with Gasteiger partial charge in [0.1, 0.15) is 17.6 Å². The Morgan fingerprint density at radius 3 is 3.09 bits per heavy atom. The van der Waals surface area contributed by atoms with Crippen molar-refractivity contribution in [3.63, 3.8) is 0 Å². The summed E-state index contributed by atoms with van der Waals surface area (Å²) in [6.07, 6.45) is 5.74. The zero-order valence-electron chi connectivity index (χ0n) is 11.6. The minimum atomic E-state index is -0.573. The molecule has 1 N–H and O–H groups in total. The minimum absolute atomic E-state index is 0.134. The fraction of sp³-hybridized carbons (Fsp3) is 0.286. The summed E-state index contributed by atoms with van der Waals surface area (Å²) in [7, 11) is 0. The molecule has 0 saturated carbocycles. The van der Waals surface area contributed by atoms with E-state index in [2.05, 4.69) is 10.3 Å². The van der Waals surface area contributed by atoms with Gasteiger partial charge in [0.2, 0.25) is 0 Å². The average Bonchev–Trinajstić information content (AvgIpc) is 3.18. The largest absolute Gasteiger partial charge is 0.467 e. The molecule has 1 aliphatic rings. The minimum Gasteiger partial charge on any atom is -0.467 e. The molecule has 0 spiro atoms. The van der Waals surface area contributed by atoms with Crippen LogP contribution in [0.1, 0.15) is 24.6 Å². The summed E-state index contributed by atoms with van der Waals surface area (Å²) in [6, 6.07) is 4.49. The van der Waals surface area contributed by atoms with Crippen LogP contribution in [0.25, 0.3) is 0 Å². The van der Waals surface area contributed by atoms with Gasteiger partial charge in [-0.1, -0.05) is 0 Å². The van der Waals surface area contributed by atoms with Crippen LogP contribution >= 0.6 is 0 Å². The van der Waals surface area contributed by atoms with E-state index in [1.807, 2.05) is 6.07 Å². The van der Waals surface area contributed by atoms with Gasteiger partial charge in [0.25, 0.3) is 0 Å². The van der Waals surface area contributed by atoms with Crippen molar-refractivity contribution in [3.8, 4) is 0 Å². The molecule has 114 valence electrons. The molecule has 0 bridgehead atoms. The number of anilines is 1. The zero-order valence-corrected chi connectivity index (χ0v) is 11.6. The molecule has 22 heavy (non-hydrogen) atoms. The van der Waals surface area contributed by atoms with Gasteiger partial charge in [0.15, 0.2) is 0 Å². The molecule has 0 aromatic carbocycles. The first-order valence-corrected chi connectivity index (χ1v) is 6.86. The summed E-state index contributed by atoms with van der Waals surface area (Å²) in [5.74, 6) is 0.719.